The van der Waals surface area contributed by atoms with E-state index >= 15 is 0 Å². The van der Waals surface area contributed by atoms with E-state index in [-0.39, 0.29) is 24.4 Å². The van der Waals surface area contributed by atoms with Gasteiger partial charge in [0.05, 0.1) is 25.7 Å². The molecule has 20 heavy (non-hydrogen) atoms. The Hall–Kier alpha value is -1.78. The fraction of sp³-hybridized carbons (Fsp3) is 0.300. The topological polar surface area (TPSA) is 114 Å². The number of sulfonamides is 1. The summed E-state index contributed by atoms with van der Waals surface area (Å²) < 4.78 is 27.6. The summed E-state index contributed by atoms with van der Waals surface area (Å²) in [4.78, 5) is 14.4. The van der Waals surface area contributed by atoms with Crippen molar-refractivity contribution in [3.8, 4) is 0 Å². The number of aryl methyl sites for hydroxylation is 1. The molecule has 0 aliphatic heterocycles. The van der Waals surface area contributed by atoms with E-state index in [2.05, 4.69) is 14.8 Å². The molecule has 8 nitrogen and oxygen atoms in total. The van der Waals surface area contributed by atoms with Crippen molar-refractivity contribution < 1.29 is 18.3 Å². The number of nitrogens with zero attached hydrogens (tertiary/aromatic N) is 3. The second-order valence-electron chi connectivity index (χ2n) is 3.83. The van der Waals surface area contributed by atoms with Crippen molar-refractivity contribution in [1.82, 2.24) is 19.5 Å². The predicted molar refractivity (Wildman–Crippen MR) is 70.6 cm³/mol. The van der Waals surface area contributed by atoms with Gasteiger partial charge in [-0.25, -0.2) is 18.1 Å². The highest BCUT2D eigenvalue weighted by Crippen LogP contribution is 2.10. The monoisotopic (exact) mass is 316 g/mol. The van der Waals surface area contributed by atoms with Gasteiger partial charge in [-0.15, -0.1) is 11.3 Å². The summed E-state index contributed by atoms with van der Waals surface area (Å²) in [6.45, 7) is 0.234. The van der Waals surface area contributed by atoms with Crippen LogP contribution in [0.15, 0.2) is 28.9 Å². The van der Waals surface area contributed by atoms with Gasteiger partial charge in [-0.2, -0.15) is 5.10 Å². The number of nitrogens with one attached hydrogen (secondary N) is 1. The van der Waals surface area contributed by atoms with Crippen molar-refractivity contribution in [2.24, 2.45) is 0 Å². The smallest absolute Gasteiger partial charge is 0.305 e. The van der Waals surface area contributed by atoms with Crippen molar-refractivity contribution in [2.45, 2.75) is 24.4 Å². The van der Waals surface area contributed by atoms with Crippen LogP contribution in [-0.4, -0.2) is 34.3 Å². The van der Waals surface area contributed by atoms with Gasteiger partial charge >= 0.3 is 5.97 Å². The minimum atomic E-state index is -3.67. The third-order valence-electron chi connectivity index (χ3n) is 2.37. The molecule has 0 bridgehead atoms. The Morgan fingerprint density at radius 2 is 2.30 bits per heavy atom. The summed E-state index contributed by atoms with van der Waals surface area (Å²) in [6, 6.07) is 0. The minimum Gasteiger partial charge on any atom is -0.481 e. The maximum Gasteiger partial charge on any atom is 0.305 e. The van der Waals surface area contributed by atoms with Gasteiger partial charge in [0.15, 0.2) is 0 Å². The number of thiazole rings is 1. The van der Waals surface area contributed by atoms with Crippen molar-refractivity contribution in [3.05, 3.63) is 29.0 Å². The number of hydrogen-bond donors (Lipinski definition) is 2. The number of aliphatic carboxylic acids is 1. The Kier molecular flexibility index (Phi) is 4.47. The standard InChI is InChI=1S/C10H12N4O4S2/c15-10(16)1-3-14-7-8(5-12-14)20(17,18)13-6-9-11-2-4-19-9/h2,4-5,7,13H,1,3,6H2,(H,15,16). The molecule has 2 N–H and O–H groups in total. The molecule has 2 aromatic rings. The summed E-state index contributed by atoms with van der Waals surface area (Å²) in [5.74, 6) is -0.966. The van der Waals surface area contributed by atoms with Crippen LogP contribution in [0.2, 0.25) is 0 Å². The molecule has 0 radical (unpaired) electrons. The molecule has 0 saturated carbocycles. The lowest BCUT2D eigenvalue weighted by Gasteiger charge is -2.02. The molecule has 0 aliphatic carbocycles. The second kappa shape index (κ2) is 6.11. The minimum absolute atomic E-state index is 0.000514. The highest BCUT2D eigenvalue weighted by molar-refractivity contribution is 7.89. The van der Waals surface area contributed by atoms with E-state index in [1.54, 1.807) is 11.6 Å². The number of hydrogen-bond acceptors (Lipinski definition) is 6. The molecule has 0 fully saturated rings. The Balaban J connectivity index is 2.00. The zero-order valence-corrected chi connectivity index (χ0v) is 11.9. The molecule has 0 amide bonds. The van der Waals surface area contributed by atoms with Gasteiger partial charge in [-0.05, 0) is 0 Å². The quantitative estimate of drug-likeness (QED) is 0.759. The number of carboxylic acid groups (broad SMARTS) is 1. The number of carbonyl (C=O) groups is 1. The Labute approximate surface area is 119 Å². The largest absolute Gasteiger partial charge is 0.481 e. The van der Waals surface area contributed by atoms with Crippen molar-refractivity contribution >= 4 is 27.3 Å². The Morgan fingerprint density at radius 1 is 1.50 bits per heavy atom. The average Bonchev–Trinajstić information content (AvgIpc) is 3.05. The van der Waals surface area contributed by atoms with Gasteiger partial charge in [0.25, 0.3) is 0 Å². The number of rotatable bonds is 7. The van der Waals surface area contributed by atoms with E-state index < -0.39 is 16.0 Å². The number of aromatic nitrogens is 3. The third-order valence-corrected chi connectivity index (χ3v) is 4.51. The van der Waals surface area contributed by atoms with E-state index in [9.17, 15) is 13.2 Å². The lowest BCUT2D eigenvalue weighted by atomic mass is 10.4. The van der Waals surface area contributed by atoms with Gasteiger partial charge in [-0.1, -0.05) is 0 Å². The molecule has 0 unspecified atom stereocenters. The Morgan fingerprint density at radius 3 is 2.95 bits per heavy atom. The first-order valence-electron chi connectivity index (χ1n) is 5.59. The molecule has 2 heterocycles. The van der Waals surface area contributed by atoms with Crippen LogP contribution < -0.4 is 4.72 Å². The van der Waals surface area contributed by atoms with Gasteiger partial charge in [0.2, 0.25) is 10.0 Å². The van der Waals surface area contributed by atoms with Crippen LogP contribution >= 0.6 is 11.3 Å². The molecule has 0 atom stereocenters. The van der Waals surface area contributed by atoms with E-state index in [1.807, 2.05) is 0 Å². The summed E-state index contributed by atoms with van der Waals surface area (Å²) in [6.07, 6.45) is 3.96. The van der Waals surface area contributed by atoms with Crippen LogP contribution in [-0.2, 0) is 27.9 Å². The van der Waals surface area contributed by atoms with Crippen LogP contribution in [0.5, 0.6) is 0 Å². The molecule has 2 rings (SSSR count). The molecule has 0 aromatic carbocycles. The first-order valence-corrected chi connectivity index (χ1v) is 7.96. The van der Waals surface area contributed by atoms with E-state index in [1.165, 1.54) is 28.4 Å². The molecular formula is C10H12N4O4S2. The van der Waals surface area contributed by atoms with Gasteiger partial charge in [0, 0.05) is 17.8 Å². The van der Waals surface area contributed by atoms with E-state index in [0.717, 1.165) is 0 Å². The van der Waals surface area contributed by atoms with Gasteiger partial charge in [0.1, 0.15) is 9.90 Å². The van der Waals surface area contributed by atoms with E-state index in [0.29, 0.717) is 5.01 Å². The summed E-state index contributed by atoms with van der Waals surface area (Å²) in [7, 11) is -3.67. The maximum atomic E-state index is 12.0. The SMILES string of the molecule is O=C(O)CCn1cc(S(=O)(=O)NCc2nccs2)cn1. The fourth-order valence-electron chi connectivity index (χ4n) is 1.40. The molecule has 0 saturated heterocycles. The molecule has 0 aliphatic rings. The third kappa shape index (κ3) is 3.85. The van der Waals surface area contributed by atoms with Crippen LogP contribution in [0, 0.1) is 0 Å². The van der Waals surface area contributed by atoms with Crippen LogP contribution in [0.1, 0.15) is 11.4 Å². The van der Waals surface area contributed by atoms with Gasteiger partial charge in [-0.3, -0.25) is 9.48 Å². The lowest BCUT2D eigenvalue weighted by Crippen LogP contribution is -2.22. The molecule has 10 heteroatoms. The predicted octanol–water partition coefficient (Wildman–Crippen LogP) is 0.293. The van der Waals surface area contributed by atoms with Gasteiger partial charge < -0.3 is 5.11 Å². The van der Waals surface area contributed by atoms with E-state index in [4.69, 9.17) is 5.11 Å². The lowest BCUT2D eigenvalue weighted by molar-refractivity contribution is -0.137. The molecule has 2 aromatic heterocycles. The first-order chi connectivity index (χ1) is 9.47. The Bertz CT molecular complexity index is 678. The van der Waals surface area contributed by atoms with Crippen molar-refractivity contribution in [3.63, 3.8) is 0 Å². The zero-order valence-electron chi connectivity index (χ0n) is 10.3. The second-order valence-corrected chi connectivity index (χ2v) is 6.58. The summed E-state index contributed by atoms with van der Waals surface area (Å²) in [5.41, 5.74) is 0. The van der Waals surface area contributed by atoms with Crippen LogP contribution in [0.25, 0.3) is 0 Å². The summed E-state index contributed by atoms with van der Waals surface area (Å²) >= 11 is 1.35. The van der Waals surface area contributed by atoms with Crippen LogP contribution in [0.4, 0.5) is 0 Å². The molecule has 108 valence electrons. The van der Waals surface area contributed by atoms with Crippen LogP contribution in [0.3, 0.4) is 0 Å². The van der Waals surface area contributed by atoms with Crippen molar-refractivity contribution in [1.29, 1.82) is 0 Å². The highest BCUT2D eigenvalue weighted by atomic mass is 32.2. The zero-order chi connectivity index (χ0) is 14.6. The summed E-state index contributed by atoms with van der Waals surface area (Å²) in [5, 5.41) is 14.8. The maximum absolute atomic E-state index is 12.0. The normalized spacial score (nSPS) is 11.6. The highest BCUT2D eigenvalue weighted by Gasteiger charge is 2.16. The van der Waals surface area contributed by atoms with Crippen molar-refractivity contribution in [2.75, 3.05) is 0 Å². The molecule has 0 spiro atoms. The number of carboxylic acids is 1. The fourth-order valence-corrected chi connectivity index (χ4v) is 2.98. The average molecular weight is 316 g/mol. The molecular weight excluding hydrogens is 304 g/mol. The first kappa shape index (κ1) is 14.6.